The van der Waals surface area contributed by atoms with Crippen molar-refractivity contribution in [3.63, 3.8) is 0 Å². The van der Waals surface area contributed by atoms with E-state index in [0.29, 0.717) is 11.1 Å². The van der Waals surface area contributed by atoms with Crippen LogP contribution in [0.3, 0.4) is 0 Å². The smallest absolute Gasteiger partial charge is 0.257 e. The van der Waals surface area contributed by atoms with Crippen LogP contribution in [0.15, 0.2) is 29.8 Å². The first-order valence-corrected chi connectivity index (χ1v) is 6.35. The molecule has 0 bridgehead atoms. The van der Waals surface area contributed by atoms with E-state index in [4.69, 9.17) is 16.9 Å². The van der Waals surface area contributed by atoms with Crippen LogP contribution < -0.4 is 0 Å². The quantitative estimate of drug-likeness (QED) is 0.820. The van der Waals surface area contributed by atoms with Gasteiger partial charge in [-0.2, -0.15) is 18.4 Å². The van der Waals surface area contributed by atoms with Crippen molar-refractivity contribution in [3.05, 3.63) is 50.9 Å². The maximum absolute atomic E-state index is 12.5. The maximum atomic E-state index is 12.5. The van der Waals surface area contributed by atoms with E-state index in [0.717, 1.165) is 6.07 Å². The molecule has 0 aliphatic heterocycles. The molecule has 0 saturated carbocycles. The highest BCUT2D eigenvalue weighted by Gasteiger charge is 2.32. The molecule has 0 spiro atoms. The second-order valence-electron chi connectivity index (χ2n) is 3.67. The van der Waals surface area contributed by atoms with Crippen molar-refractivity contribution in [2.75, 3.05) is 0 Å². The van der Waals surface area contributed by atoms with Gasteiger partial charge in [0, 0.05) is 11.1 Å². The average Bonchev–Trinajstić information content (AvgIpc) is 2.84. The number of aromatic nitrogens is 1. The van der Waals surface area contributed by atoms with E-state index in [1.54, 1.807) is 17.5 Å². The zero-order valence-electron chi connectivity index (χ0n) is 9.28. The summed E-state index contributed by atoms with van der Waals surface area (Å²) in [6.45, 7) is 0. The SMILES string of the molecule is N#CC(c1cccs1)c1ncc(C(F)(F)F)cc1Cl. The van der Waals surface area contributed by atoms with E-state index in [-0.39, 0.29) is 10.7 Å². The normalized spacial score (nSPS) is 13.0. The van der Waals surface area contributed by atoms with Gasteiger partial charge in [0.2, 0.25) is 0 Å². The number of hydrogen-bond donors (Lipinski definition) is 0. The number of rotatable bonds is 2. The Hall–Kier alpha value is -1.58. The van der Waals surface area contributed by atoms with Crippen LogP contribution in [0.1, 0.15) is 22.1 Å². The Morgan fingerprint density at radius 2 is 2.16 bits per heavy atom. The Balaban J connectivity index is 2.44. The summed E-state index contributed by atoms with van der Waals surface area (Å²) in [6.07, 6.45) is -3.81. The maximum Gasteiger partial charge on any atom is 0.417 e. The molecular weight excluding hydrogens is 297 g/mol. The van der Waals surface area contributed by atoms with Crippen LogP contribution in [0.25, 0.3) is 0 Å². The third-order valence-electron chi connectivity index (χ3n) is 2.43. The molecule has 1 atom stereocenters. The predicted octanol–water partition coefficient (Wildman–Crippen LogP) is 4.47. The topological polar surface area (TPSA) is 36.7 Å². The van der Waals surface area contributed by atoms with E-state index in [1.807, 2.05) is 6.07 Å². The first kappa shape index (κ1) is 13.8. The number of thiophene rings is 1. The summed E-state index contributed by atoms with van der Waals surface area (Å²) in [6, 6.07) is 6.26. The molecule has 0 aromatic carbocycles. The fraction of sp³-hybridized carbons (Fsp3) is 0.167. The molecule has 1 unspecified atom stereocenters. The van der Waals surface area contributed by atoms with Crippen molar-refractivity contribution in [3.8, 4) is 6.07 Å². The molecule has 2 aromatic rings. The van der Waals surface area contributed by atoms with E-state index in [1.165, 1.54) is 11.3 Å². The van der Waals surface area contributed by atoms with Crippen LogP contribution in [0.5, 0.6) is 0 Å². The first-order valence-electron chi connectivity index (χ1n) is 5.09. The molecule has 0 fully saturated rings. The van der Waals surface area contributed by atoms with Crippen molar-refractivity contribution in [1.29, 1.82) is 5.26 Å². The molecule has 0 saturated heterocycles. The fourth-order valence-corrected chi connectivity index (χ4v) is 2.58. The minimum Gasteiger partial charge on any atom is -0.257 e. The zero-order chi connectivity index (χ0) is 14.0. The Morgan fingerprint density at radius 3 is 2.63 bits per heavy atom. The molecule has 98 valence electrons. The van der Waals surface area contributed by atoms with E-state index in [2.05, 4.69) is 4.98 Å². The van der Waals surface area contributed by atoms with Gasteiger partial charge in [0.25, 0.3) is 0 Å². The summed E-state index contributed by atoms with van der Waals surface area (Å²) in [7, 11) is 0. The molecule has 2 heterocycles. The highest BCUT2D eigenvalue weighted by atomic mass is 35.5. The average molecular weight is 303 g/mol. The summed E-state index contributed by atoms with van der Waals surface area (Å²) in [5, 5.41) is 10.8. The van der Waals surface area contributed by atoms with Crippen molar-refractivity contribution < 1.29 is 13.2 Å². The van der Waals surface area contributed by atoms with Crippen LogP contribution in [0, 0.1) is 11.3 Å². The number of halogens is 4. The van der Waals surface area contributed by atoms with Crippen LogP contribution in [-0.2, 0) is 6.18 Å². The monoisotopic (exact) mass is 302 g/mol. The lowest BCUT2D eigenvalue weighted by Gasteiger charge is -2.11. The summed E-state index contributed by atoms with van der Waals surface area (Å²) in [5.74, 6) is -0.755. The minimum atomic E-state index is -4.50. The van der Waals surface area contributed by atoms with Crippen LogP contribution in [0.4, 0.5) is 13.2 Å². The Bertz CT molecular complexity index is 617. The number of pyridine rings is 1. The third-order valence-corrected chi connectivity index (χ3v) is 3.67. The number of nitriles is 1. The molecule has 2 aromatic heterocycles. The molecular formula is C12H6ClF3N2S. The van der Waals surface area contributed by atoms with Gasteiger partial charge in [-0.3, -0.25) is 4.98 Å². The second-order valence-corrected chi connectivity index (χ2v) is 5.05. The lowest BCUT2D eigenvalue weighted by molar-refractivity contribution is -0.137. The fourth-order valence-electron chi connectivity index (χ4n) is 1.53. The summed E-state index contributed by atoms with van der Waals surface area (Å²) in [4.78, 5) is 4.40. The van der Waals surface area contributed by atoms with E-state index in [9.17, 15) is 13.2 Å². The van der Waals surface area contributed by atoms with Crippen molar-refractivity contribution >= 4 is 22.9 Å². The molecule has 2 nitrogen and oxygen atoms in total. The Labute approximate surface area is 116 Å². The van der Waals surface area contributed by atoms with Gasteiger partial charge in [0.15, 0.2) is 0 Å². The molecule has 0 aliphatic carbocycles. The van der Waals surface area contributed by atoms with Gasteiger partial charge in [-0.1, -0.05) is 17.7 Å². The summed E-state index contributed by atoms with van der Waals surface area (Å²) >= 11 is 7.14. The molecule has 2 rings (SSSR count). The van der Waals surface area contributed by atoms with Gasteiger partial charge in [0.05, 0.1) is 22.3 Å². The molecule has 0 aliphatic rings. The molecule has 19 heavy (non-hydrogen) atoms. The Morgan fingerprint density at radius 1 is 1.42 bits per heavy atom. The van der Waals surface area contributed by atoms with Gasteiger partial charge in [0.1, 0.15) is 5.92 Å². The molecule has 0 radical (unpaired) electrons. The molecule has 0 amide bonds. The standard InChI is InChI=1S/C12H6ClF3N2S/c13-9-4-7(12(14,15)16)6-18-11(9)8(5-17)10-2-1-3-19-10/h1-4,6,8H. The number of hydrogen-bond acceptors (Lipinski definition) is 3. The minimum absolute atomic E-state index is 0.139. The van der Waals surface area contributed by atoms with Gasteiger partial charge >= 0.3 is 6.18 Å². The predicted molar refractivity (Wildman–Crippen MR) is 66.0 cm³/mol. The lowest BCUT2D eigenvalue weighted by atomic mass is 10.0. The summed E-state index contributed by atoms with van der Waals surface area (Å²) in [5.41, 5.74) is -0.788. The molecule has 7 heteroatoms. The number of nitrogens with zero attached hydrogens (tertiary/aromatic N) is 2. The van der Waals surface area contributed by atoms with E-state index >= 15 is 0 Å². The number of alkyl halides is 3. The van der Waals surface area contributed by atoms with Gasteiger partial charge in [-0.15, -0.1) is 11.3 Å². The van der Waals surface area contributed by atoms with Crippen molar-refractivity contribution in [2.45, 2.75) is 12.1 Å². The van der Waals surface area contributed by atoms with Crippen LogP contribution in [0.2, 0.25) is 5.02 Å². The zero-order valence-corrected chi connectivity index (χ0v) is 10.9. The van der Waals surface area contributed by atoms with Crippen LogP contribution >= 0.6 is 22.9 Å². The third kappa shape index (κ3) is 2.88. The van der Waals surface area contributed by atoms with Crippen LogP contribution in [-0.4, -0.2) is 4.98 Å². The highest BCUT2D eigenvalue weighted by Crippen LogP contribution is 2.35. The van der Waals surface area contributed by atoms with E-state index < -0.39 is 17.7 Å². The van der Waals surface area contributed by atoms with Gasteiger partial charge in [-0.25, -0.2) is 0 Å². The first-order chi connectivity index (χ1) is 8.93. The van der Waals surface area contributed by atoms with Gasteiger partial charge < -0.3 is 0 Å². The van der Waals surface area contributed by atoms with Gasteiger partial charge in [-0.05, 0) is 17.5 Å². The highest BCUT2D eigenvalue weighted by molar-refractivity contribution is 7.10. The summed E-state index contributed by atoms with van der Waals surface area (Å²) < 4.78 is 37.5. The second kappa shape index (κ2) is 5.19. The Kier molecular flexibility index (Phi) is 3.78. The molecule has 0 N–H and O–H groups in total. The largest absolute Gasteiger partial charge is 0.417 e. The van der Waals surface area contributed by atoms with Crippen molar-refractivity contribution in [2.24, 2.45) is 0 Å². The lowest BCUT2D eigenvalue weighted by Crippen LogP contribution is -2.08. The van der Waals surface area contributed by atoms with Crippen molar-refractivity contribution in [1.82, 2.24) is 4.98 Å².